The van der Waals surface area contributed by atoms with Crippen LogP contribution in [0.15, 0.2) is 21.9 Å². The van der Waals surface area contributed by atoms with Gasteiger partial charge in [0.15, 0.2) is 14.5 Å². The number of alkyl halides is 1. The van der Waals surface area contributed by atoms with Gasteiger partial charge in [0.25, 0.3) is 5.56 Å². The van der Waals surface area contributed by atoms with Crippen LogP contribution in [0.3, 0.4) is 0 Å². The topological polar surface area (TPSA) is 73.3 Å². The molecule has 26 heavy (non-hydrogen) atoms. The van der Waals surface area contributed by atoms with Crippen molar-refractivity contribution >= 4 is 8.32 Å². The largest absolute Gasteiger partial charge is 0.409 e. The molecule has 2 rings (SSSR count). The molecule has 0 spiro atoms. The summed E-state index contributed by atoms with van der Waals surface area (Å²) in [4.78, 5) is 26.0. The molecule has 148 valence electrons. The van der Waals surface area contributed by atoms with Crippen LogP contribution in [0.2, 0.25) is 18.1 Å². The first-order valence-electron chi connectivity index (χ1n) is 9.11. The maximum atomic E-state index is 14.0. The predicted octanol–water partition coefficient (Wildman–Crippen LogP) is 3.21. The van der Waals surface area contributed by atoms with Gasteiger partial charge in [0.2, 0.25) is 0 Å². The molecule has 1 N–H and O–H groups in total. The van der Waals surface area contributed by atoms with Crippen molar-refractivity contribution in [3.8, 4) is 0 Å². The number of nitrogens with one attached hydrogen (secondary N) is 1. The summed E-state index contributed by atoms with van der Waals surface area (Å²) in [6.07, 6.45) is 0.607. The maximum Gasteiger partial charge on any atom is 0.330 e. The molecule has 1 saturated heterocycles. The highest BCUT2D eigenvalue weighted by Crippen LogP contribution is 2.48. The SMILES string of the molecule is CC[C@@]1(CF)O[C@@H](n2ccc(=O)[nH]c2=O)C(O[Si](C)(C)C(C)(C)C)[C@@H]1C. The van der Waals surface area contributed by atoms with Crippen molar-refractivity contribution in [3.05, 3.63) is 33.1 Å². The lowest BCUT2D eigenvalue weighted by atomic mass is 9.86. The number of H-pyrrole nitrogens is 1. The highest BCUT2D eigenvalue weighted by Gasteiger charge is 2.55. The van der Waals surface area contributed by atoms with Crippen LogP contribution in [0, 0.1) is 5.92 Å². The molecular formula is C18H31FN2O4Si. The molecule has 0 saturated carbocycles. The van der Waals surface area contributed by atoms with Gasteiger partial charge in [-0.25, -0.2) is 9.18 Å². The van der Waals surface area contributed by atoms with Gasteiger partial charge in [0.05, 0.1) is 6.10 Å². The minimum absolute atomic E-state index is 0.0413. The van der Waals surface area contributed by atoms with Gasteiger partial charge < -0.3 is 9.16 Å². The number of halogens is 1. The lowest BCUT2D eigenvalue weighted by molar-refractivity contribution is -0.105. The van der Waals surface area contributed by atoms with E-state index in [0.717, 1.165) is 0 Å². The third kappa shape index (κ3) is 3.59. The molecule has 1 unspecified atom stereocenters. The van der Waals surface area contributed by atoms with Gasteiger partial charge >= 0.3 is 5.69 Å². The van der Waals surface area contributed by atoms with E-state index in [9.17, 15) is 14.0 Å². The molecule has 0 aromatic carbocycles. The van der Waals surface area contributed by atoms with Crippen molar-refractivity contribution in [2.75, 3.05) is 6.67 Å². The van der Waals surface area contributed by atoms with Crippen molar-refractivity contribution in [1.29, 1.82) is 0 Å². The summed E-state index contributed by atoms with van der Waals surface area (Å²) in [6.45, 7) is 13.8. The number of hydrogen-bond donors (Lipinski definition) is 1. The van der Waals surface area contributed by atoms with Crippen molar-refractivity contribution < 1.29 is 13.6 Å². The summed E-state index contributed by atoms with van der Waals surface area (Å²) in [7, 11) is -2.19. The highest BCUT2D eigenvalue weighted by molar-refractivity contribution is 6.74. The molecule has 2 heterocycles. The fourth-order valence-electron chi connectivity index (χ4n) is 3.13. The van der Waals surface area contributed by atoms with Gasteiger partial charge in [0, 0.05) is 18.2 Å². The molecule has 1 aromatic rings. The first-order valence-corrected chi connectivity index (χ1v) is 12.0. The molecular weight excluding hydrogens is 355 g/mol. The molecule has 1 aliphatic heterocycles. The van der Waals surface area contributed by atoms with Gasteiger partial charge in [-0.3, -0.25) is 14.3 Å². The third-order valence-corrected chi connectivity index (χ3v) is 10.6. The van der Waals surface area contributed by atoms with E-state index >= 15 is 0 Å². The van der Waals surface area contributed by atoms with Crippen LogP contribution in [0.1, 0.15) is 47.3 Å². The van der Waals surface area contributed by atoms with Crippen molar-refractivity contribution in [2.45, 2.75) is 77.1 Å². The number of aromatic nitrogens is 2. The van der Waals surface area contributed by atoms with Crippen LogP contribution in [0.5, 0.6) is 0 Å². The third-order valence-electron chi connectivity index (χ3n) is 6.15. The van der Waals surface area contributed by atoms with E-state index in [2.05, 4.69) is 38.8 Å². The molecule has 6 nitrogen and oxygen atoms in total. The number of ether oxygens (including phenoxy) is 1. The van der Waals surface area contributed by atoms with Crippen LogP contribution >= 0.6 is 0 Å². The molecule has 8 heteroatoms. The Morgan fingerprint density at radius 3 is 2.46 bits per heavy atom. The first kappa shape index (κ1) is 21.1. The Bertz CT molecular complexity index is 749. The van der Waals surface area contributed by atoms with Gasteiger partial charge in [-0.2, -0.15) is 0 Å². The van der Waals surface area contributed by atoms with Crippen LogP contribution in [0.4, 0.5) is 4.39 Å². The van der Waals surface area contributed by atoms with Crippen LogP contribution in [0.25, 0.3) is 0 Å². The van der Waals surface area contributed by atoms with E-state index < -0.39 is 44.2 Å². The minimum atomic E-state index is -2.19. The zero-order valence-corrected chi connectivity index (χ0v) is 17.8. The van der Waals surface area contributed by atoms with E-state index in [1.165, 1.54) is 16.8 Å². The number of aromatic amines is 1. The van der Waals surface area contributed by atoms with Gasteiger partial charge in [-0.05, 0) is 24.6 Å². The normalized spacial score (nSPS) is 29.9. The lowest BCUT2D eigenvalue weighted by Crippen LogP contribution is -2.48. The maximum absolute atomic E-state index is 14.0. The molecule has 1 aliphatic rings. The Morgan fingerprint density at radius 2 is 2.00 bits per heavy atom. The lowest BCUT2D eigenvalue weighted by Gasteiger charge is -2.40. The standard InChI is InChI=1S/C18H31FN2O4Si/c1-8-18(11-19)12(2)14(25-26(6,7)17(3,4)5)15(24-18)21-10-9-13(22)20-16(21)23/h9-10,12,14-15H,8,11H2,1-7H3,(H,20,22,23)/t12-,14?,15+,18-/m0/s1. The molecule has 0 bridgehead atoms. The smallest absolute Gasteiger partial charge is 0.330 e. The molecule has 0 aliphatic carbocycles. The first-order chi connectivity index (χ1) is 11.9. The Kier molecular flexibility index (Phi) is 5.71. The predicted molar refractivity (Wildman–Crippen MR) is 102 cm³/mol. The molecule has 4 atom stereocenters. The van der Waals surface area contributed by atoms with Crippen molar-refractivity contribution in [1.82, 2.24) is 9.55 Å². The second-order valence-electron chi connectivity index (χ2n) is 8.71. The van der Waals surface area contributed by atoms with Crippen LogP contribution < -0.4 is 11.2 Å². The second kappa shape index (κ2) is 7.05. The fraction of sp³-hybridized carbons (Fsp3) is 0.778. The van der Waals surface area contributed by atoms with E-state index in [-0.39, 0.29) is 11.0 Å². The van der Waals surface area contributed by atoms with Gasteiger partial charge in [0.1, 0.15) is 12.3 Å². The summed E-state index contributed by atoms with van der Waals surface area (Å²) in [5.41, 5.74) is -2.07. The summed E-state index contributed by atoms with van der Waals surface area (Å²) >= 11 is 0. The van der Waals surface area contributed by atoms with E-state index in [4.69, 9.17) is 9.16 Å². The van der Waals surface area contributed by atoms with E-state index in [1.54, 1.807) is 0 Å². The summed E-state index contributed by atoms with van der Waals surface area (Å²) in [6, 6.07) is 1.26. The zero-order valence-electron chi connectivity index (χ0n) is 16.8. The minimum Gasteiger partial charge on any atom is -0.409 e. The molecule has 1 aromatic heterocycles. The quantitative estimate of drug-likeness (QED) is 0.789. The average molecular weight is 387 g/mol. The second-order valence-corrected chi connectivity index (χ2v) is 13.5. The number of hydrogen-bond acceptors (Lipinski definition) is 4. The van der Waals surface area contributed by atoms with E-state index in [1.807, 2.05) is 13.8 Å². The Labute approximate surface area is 154 Å². The van der Waals surface area contributed by atoms with Gasteiger partial charge in [-0.1, -0.05) is 34.6 Å². The highest BCUT2D eigenvalue weighted by atomic mass is 28.4. The Morgan fingerprint density at radius 1 is 1.38 bits per heavy atom. The number of nitrogens with zero attached hydrogens (tertiary/aromatic N) is 1. The average Bonchev–Trinajstić information content (AvgIpc) is 2.79. The Balaban J connectivity index is 2.52. The molecule has 0 radical (unpaired) electrons. The van der Waals surface area contributed by atoms with Gasteiger partial charge in [-0.15, -0.1) is 0 Å². The molecule has 0 amide bonds. The summed E-state index contributed by atoms with van der Waals surface area (Å²) in [5.74, 6) is -0.240. The van der Waals surface area contributed by atoms with Crippen LogP contribution in [-0.2, 0) is 9.16 Å². The monoisotopic (exact) mass is 386 g/mol. The van der Waals surface area contributed by atoms with Crippen molar-refractivity contribution in [3.63, 3.8) is 0 Å². The number of rotatable bonds is 5. The van der Waals surface area contributed by atoms with Crippen molar-refractivity contribution in [2.24, 2.45) is 5.92 Å². The zero-order chi connectivity index (χ0) is 19.9. The Hall–Kier alpha value is -1.25. The summed E-state index contributed by atoms with van der Waals surface area (Å²) < 4.78 is 28.0. The molecule has 1 fully saturated rings. The summed E-state index contributed by atoms with van der Waals surface area (Å²) in [5, 5.41) is -0.0413. The van der Waals surface area contributed by atoms with Crippen LogP contribution in [-0.4, -0.2) is 36.2 Å². The van der Waals surface area contributed by atoms with E-state index in [0.29, 0.717) is 6.42 Å². The fourth-order valence-corrected chi connectivity index (χ4v) is 4.49.